The molecule has 0 fully saturated rings. The summed E-state index contributed by atoms with van der Waals surface area (Å²) in [5.74, 6) is 2.01. The van der Waals surface area contributed by atoms with E-state index in [0.717, 1.165) is 29.8 Å². The summed E-state index contributed by atoms with van der Waals surface area (Å²) < 4.78 is 2.02. The van der Waals surface area contributed by atoms with Crippen molar-refractivity contribution in [2.24, 2.45) is 7.05 Å². The predicted molar refractivity (Wildman–Crippen MR) is 59.6 cm³/mol. The Kier molecular flexibility index (Phi) is 4.97. The van der Waals surface area contributed by atoms with Crippen LogP contribution in [0.15, 0.2) is 5.16 Å². The second kappa shape index (κ2) is 6.03. The van der Waals surface area contributed by atoms with Crippen LogP contribution in [0, 0.1) is 6.92 Å². The highest BCUT2D eigenvalue weighted by Crippen LogP contribution is 2.13. The van der Waals surface area contributed by atoms with Crippen LogP contribution in [0.1, 0.15) is 19.2 Å². The van der Waals surface area contributed by atoms with Gasteiger partial charge in [-0.25, -0.2) is 0 Å². The van der Waals surface area contributed by atoms with Gasteiger partial charge in [0, 0.05) is 19.3 Å². The van der Waals surface area contributed by atoms with Gasteiger partial charge >= 0.3 is 0 Å². The summed E-state index contributed by atoms with van der Waals surface area (Å²) in [4.78, 5) is 0. The van der Waals surface area contributed by atoms with Crippen LogP contribution in [0.2, 0.25) is 0 Å². The van der Waals surface area contributed by atoms with E-state index in [1.165, 1.54) is 6.42 Å². The standard InChI is InChI=1S/C9H18N4S/c1-4-5-10-6-7-14-9-12-11-8(2)13(9)3/h10H,4-7H2,1-3H3. The van der Waals surface area contributed by atoms with Gasteiger partial charge in [0.2, 0.25) is 0 Å². The van der Waals surface area contributed by atoms with Crippen molar-refractivity contribution < 1.29 is 0 Å². The number of nitrogens with zero attached hydrogens (tertiary/aromatic N) is 3. The summed E-state index contributed by atoms with van der Waals surface area (Å²) in [6, 6.07) is 0. The maximum absolute atomic E-state index is 4.08. The molecule has 0 aliphatic heterocycles. The lowest BCUT2D eigenvalue weighted by atomic mass is 10.5. The largest absolute Gasteiger partial charge is 0.316 e. The van der Waals surface area contributed by atoms with Gasteiger partial charge in [-0.2, -0.15) is 0 Å². The number of aryl methyl sites for hydroxylation is 1. The molecule has 1 aromatic rings. The van der Waals surface area contributed by atoms with Gasteiger partial charge in [0.1, 0.15) is 5.82 Å². The first-order chi connectivity index (χ1) is 6.75. The molecule has 0 atom stereocenters. The molecule has 5 heteroatoms. The van der Waals surface area contributed by atoms with Crippen LogP contribution >= 0.6 is 11.8 Å². The van der Waals surface area contributed by atoms with Crippen molar-refractivity contribution in [2.45, 2.75) is 25.4 Å². The van der Waals surface area contributed by atoms with Gasteiger partial charge in [-0.05, 0) is 19.9 Å². The number of nitrogens with one attached hydrogen (secondary N) is 1. The lowest BCUT2D eigenvalue weighted by Crippen LogP contribution is -2.17. The van der Waals surface area contributed by atoms with E-state index in [-0.39, 0.29) is 0 Å². The first-order valence-corrected chi connectivity index (χ1v) is 5.93. The molecule has 4 nitrogen and oxygen atoms in total. The molecule has 1 aromatic heterocycles. The van der Waals surface area contributed by atoms with Crippen LogP contribution in [0.4, 0.5) is 0 Å². The molecular weight excluding hydrogens is 196 g/mol. The highest BCUT2D eigenvalue weighted by atomic mass is 32.2. The molecule has 0 radical (unpaired) electrons. The molecule has 0 spiro atoms. The molecule has 0 unspecified atom stereocenters. The minimum atomic E-state index is 0.967. The van der Waals surface area contributed by atoms with Gasteiger partial charge in [0.25, 0.3) is 0 Å². The second-order valence-corrected chi connectivity index (χ2v) is 4.25. The Balaban J connectivity index is 2.21. The van der Waals surface area contributed by atoms with Gasteiger partial charge in [-0.15, -0.1) is 10.2 Å². The first kappa shape index (κ1) is 11.5. The van der Waals surface area contributed by atoms with Crippen LogP contribution in [0.5, 0.6) is 0 Å². The second-order valence-electron chi connectivity index (χ2n) is 3.19. The van der Waals surface area contributed by atoms with E-state index in [4.69, 9.17) is 0 Å². The summed E-state index contributed by atoms with van der Waals surface area (Å²) >= 11 is 1.75. The number of hydrogen-bond acceptors (Lipinski definition) is 4. The zero-order valence-corrected chi connectivity index (χ0v) is 9.89. The highest BCUT2D eigenvalue weighted by Gasteiger charge is 2.03. The van der Waals surface area contributed by atoms with Gasteiger partial charge in [-0.1, -0.05) is 18.7 Å². The van der Waals surface area contributed by atoms with E-state index >= 15 is 0 Å². The monoisotopic (exact) mass is 214 g/mol. The van der Waals surface area contributed by atoms with Crippen molar-refractivity contribution >= 4 is 11.8 Å². The lowest BCUT2D eigenvalue weighted by Gasteiger charge is -2.02. The van der Waals surface area contributed by atoms with Crippen molar-refractivity contribution in [1.82, 2.24) is 20.1 Å². The molecule has 80 valence electrons. The number of rotatable bonds is 6. The predicted octanol–water partition coefficient (Wildman–Crippen LogP) is 1.22. The van der Waals surface area contributed by atoms with E-state index in [0.29, 0.717) is 0 Å². The normalized spacial score (nSPS) is 10.8. The molecule has 1 N–H and O–H groups in total. The molecule has 0 bridgehead atoms. The van der Waals surface area contributed by atoms with E-state index in [9.17, 15) is 0 Å². The fraction of sp³-hybridized carbons (Fsp3) is 0.778. The summed E-state index contributed by atoms with van der Waals surface area (Å²) in [7, 11) is 2.00. The Hall–Kier alpha value is -0.550. The third-order valence-electron chi connectivity index (χ3n) is 1.99. The Bertz CT molecular complexity index is 272. The Labute approximate surface area is 89.5 Å². The zero-order valence-electron chi connectivity index (χ0n) is 9.08. The van der Waals surface area contributed by atoms with Gasteiger partial charge in [-0.3, -0.25) is 0 Å². The van der Waals surface area contributed by atoms with E-state index < -0.39 is 0 Å². The number of thioether (sulfide) groups is 1. The van der Waals surface area contributed by atoms with Gasteiger partial charge in [0.05, 0.1) is 0 Å². The molecule has 0 saturated carbocycles. The Morgan fingerprint density at radius 1 is 1.36 bits per heavy atom. The fourth-order valence-electron chi connectivity index (χ4n) is 1.03. The third-order valence-corrected chi connectivity index (χ3v) is 3.01. The molecule has 0 amide bonds. The number of hydrogen-bond donors (Lipinski definition) is 1. The van der Waals surface area contributed by atoms with E-state index in [1.807, 2.05) is 18.5 Å². The molecule has 14 heavy (non-hydrogen) atoms. The Morgan fingerprint density at radius 3 is 2.71 bits per heavy atom. The van der Waals surface area contributed by atoms with Crippen molar-refractivity contribution in [3.63, 3.8) is 0 Å². The van der Waals surface area contributed by atoms with Gasteiger partial charge in [0.15, 0.2) is 5.16 Å². The molecule has 0 saturated heterocycles. The highest BCUT2D eigenvalue weighted by molar-refractivity contribution is 7.99. The molecule has 1 rings (SSSR count). The van der Waals surface area contributed by atoms with Crippen LogP contribution in [-0.4, -0.2) is 33.6 Å². The minimum absolute atomic E-state index is 0.967. The summed E-state index contributed by atoms with van der Waals surface area (Å²) in [5, 5.41) is 12.4. The van der Waals surface area contributed by atoms with Crippen LogP contribution < -0.4 is 5.32 Å². The van der Waals surface area contributed by atoms with E-state index in [1.54, 1.807) is 11.8 Å². The zero-order chi connectivity index (χ0) is 10.4. The molecule has 1 heterocycles. The lowest BCUT2D eigenvalue weighted by molar-refractivity contribution is 0.705. The molecule has 0 aromatic carbocycles. The molecule has 0 aliphatic rings. The van der Waals surface area contributed by atoms with Crippen LogP contribution in [-0.2, 0) is 7.05 Å². The first-order valence-electron chi connectivity index (χ1n) is 4.95. The van der Waals surface area contributed by atoms with Crippen molar-refractivity contribution in [3.8, 4) is 0 Å². The minimum Gasteiger partial charge on any atom is -0.316 e. The molecular formula is C9H18N4S. The SMILES string of the molecule is CCCNCCSc1nnc(C)n1C. The fourth-order valence-corrected chi connectivity index (χ4v) is 1.88. The van der Waals surface area contributed by atoms with E-state index in [2.05, 4.69) is 22.4 Å². The van der Waals surface area contributed by atoms with Crippen molar-refractivity contribution in [3.05, 3.63) is 5.82 Å². The van der Waals surface area contributed by atoms with Crippen molar-refractivity contribution in [2.75, 3.05) is 18.8 Å². The maximum Gasteiger partial charge on any atom is 0.190 e. The summed E-state index contributed by atoms with van der Waals surface area (Å²) in [6.07, 6.45) is 1.19. The quantitative estimate of drug-likeness (QED) is 0.571. The topological polar surface area (TPSA) is 42.7 Å². The van der Waals surface area contributed by atoms with Crippen LogP contribution in [0.3, 0.4) is 0 Å². The summed E-state index contributed by atoms with van der Waals surface area (Å²) in [5.41, 5.74) is 0. The van der Waals surface area contributed by atoms with Crippen LogP contribution in [0.25, 0.3) is 0 Å². The maximum atomic E-state index is 4.08. The van der Waals surface area contributed by atoms with Crippen molar-refractivity contribution in [1.29, 1.82) is 0 Å². The average Bonchev–Trinajstić information content (AvgIpc) is 2.49. The molecule has 0 aliphatic carbocycles. The third kappa shape index (κ3) is 3.31. The Morgan fingerprint density at radius 2 is 2.14 bits per heavy atom. The smallest absolute Gasteiger partial charge is 0.190 e. The van der Waals surface area contributed by atoms with Gasteiger partial charge < -0.3 is 9.88 Å². The average molecular weight is 214 g/mol. The summed E-state index contributed by atoms with van der Waals surface area (Å²) in [6.45, 7) is 6.27. The number of aromatic nitrogens is 3.